The summed E-state index contributed by atoms with van der Waals surface area (Å²) < 4.78 is 4.25. The third kappa shape index (κ3) is 2.64. The summed E-state index contributed by atoms with van der Waals surface area (Å²) in [4.78, 5) is 24.8. The van der Waals surface area contributed by atoms with E-state index in [1.165, 1.54) is 0 Å². The van der Waals surface area contributed by atoms with Gasteiger partial charge in [0.05, 0.1) is 17.7 Å². The molecule has 1 N–H and O–H groups in total. The molecule has 2 rings (SSSR count). The van der Waals surface area contributed by atoms with E-state index in [4.69, 9.17) is 5.26 Å². The Hall–Kier alpha value is -1.41. The van der Waals surface area contributed by atoms with Gasteiger partial charge in [-0.1, -0.05) is 5.04 Å². The highest BCUT2D eigenvalue weighted by molar-refractivity contribution is 7.94. The van der Waals surface area contributed by atoms with Crippen LogP contribution in [0.1, 0.15) is 12.8 Å². The van der Waals surface area contributed by atoms with Crippen LogP contribution in [0.5, 0.6) is 0 Å². The lowest BCUT2D eigenvalue weighted by molar-refractivity contribution is -0.432. The molecule has 90 valence electrons. The van der Waals surface area contributed by atoms with Crippen LogP contribution in [0.15, 0.2) is 29.2 Å². The van der Waals surface area contributed by atoms with Crippen LogP contribution in [-0.4, -0.2) is 17.1 Å². The van der Waals surface area contributed by atoms with Crippen molar-refractivity contribution < 1.29 is 24.2 Å². The average Bonchev–Trinajstić information content (AvgIpc) is 2.67. The largest absolute Gasteiger partial charge is 0.274 e. The van der Waals surface area contributed by atoms with Crippen molar-refractivity contribution in [2.75, 3.05) is 4.90 Å². The second-order valence-corrected chi connectivity index (χ2v) is 4.12. The molecule has 0 bridgehead atoms. The Morgan fingerprint density at radius 2 is 1.71 bits per heavy atom. The molecule has 1 aliphatic heterocycles. The summed E-state index contributed by atoms with van der Waals surface area (Å²) in [7, 11) is 0. The lowest BCUT2D eigenvalue weighted by Crippen LogP contribution is -2.28. The molecule has 17 heavy (non-hydrogen) atoms. The summed E-state index contributed by atoms with van der Waals surface area (Å²) in [6.07, 6.45) is 0.521. The number of amides is 2. The Morgan fingerprint density at radius 1 is 1.12 bits per heavy atom. The Balaban J connectivity index is 2.12. The molecular formula is C10H9NO5S. The van der Waals surface area contributed by atoms with Crippen molar-refractivity contribution in [2.24, 2.45) is 0 Å². The average molecular weight is 255 g/mol. The second kappa shape index (κ2) is 5.28. The Morgan fingerprint density at radius 3 is 2.24 bits per heavy atom. The molecule has 2 amide bonds. The summed E-state index contributed by atoms with van der Waals surface area (Å²) in [6.45, 7) is 0. The summed E-state index contributed by atoms with van der Waals surface area (Å²) in [5, 5.41) is 11.4. The van der Waals surface area contributed by atoms with Crippen LogP contribution in [0.4, 0.5) is 5.69 Å². The van der Waals surface area contributed by atoms with Gasteiger partial charge in [-0.05, 0) is 24.3 Å². The van der Waals surface area contributed by atoms with Crippen molar-refractivity contribution in [1.29, 1.82) is 0 Å². The van der Waals surface area contributed by atoms with E-state index < -0.39 is 0 Å². The van der Waals surface area contributed by atoms with Crippen LogP contribution in [0, 0.1) is 0 Å². The van der Waals surface area contributed by atoms with Crippen molar-refractivity contribution in [3.63, 3.8) is 0 Å². The van der Waals surface area contributed by atoms with Gasteiger partial charge >= 0.3 is 0 Å². The predicted octanol–water partition coefficient (Wildman–Crippen LogP) is 1.77. The molecule has 7 heteroatoms. The molecule has 0 aromatic heterocycles. The van der Waals surface area contributed by atoms with Crippen molar-refractivity contribution in [3.8, 4) is 0 Å². The summed E-state index contributed by atoms with van der Waals surface area (Å²) in [5.41, 5.74) is 0.534. The summed E-state index contributed by atoms with van der Waals surface area (Å²) in [6, 6.07) is 6.56. The zero-order chi connectivity index (χ0) is 12.3. The van der Waals surface area contributed by atoms with Gasteiger partial charge in [0.25, 0.3) is 0 Å². The maximum atomic E-state index is 11.5. The molecule has 1 aromatic carbocycles. The fourth-order valence-corrected chi connectivity index (χ4v) is 1.93. The Kier molecular flexibility index (Phi) is 3.75. The Bertz CT molecular complexity index is 417. The van der Waals surface area contributed by atoms with E-state index in [2.05, 4.69) is 9.37 Å². The van der Waals surface area contributed by atoms with Gasteiger partial charge in [0.2, 0.25) is 11.8 Å². The monoisotopic (exact) mass is 255 g/mol. The number of carbonyl (C=O) groups excluding carboxylic acids is 2. The molecule has 0 radical (unpaired) electrons. The quantitative estimate of drug-likeness (QED) is 0.382. The van der Waals surface area contributed by atoms with Crippen molar-refractivity contribution in [1.82, 2.24) is 0 Å². The van der Waals surface area contributed by atoms with Crippen molar-refractivity contribution >= 4 is 29.5 Å². The van der Waals surface area contributed by atoms with Gasteiger partial charge in [-0.15, -0.1) is 4.33 Å². The summed E-state index contributed by atoms with van der Waals surface area (Å²) in [5.74, 6) is -0.379. The fourth-order valence-electron chi connectivity index (χ4n) is 1.57. The van der Waals surface area contributed by atoms with E-state index in [0.29, 0.717) is 10.6 Å². The first-order valence-electron chi connectivity index (χ1n) is 4.83. The SMILES string of the molecule is O=C1CCC(=O)N1c1ccc(SOOO)cc1. The van der Waals surface area contributed by atoms with Crippen LogP contribution < -0.4 is 4.90 Å². The number of hydrogen-bond donors (Lipinski definition) is 1. The predicted molar refractivity (Wildman–Crippen MR) is 58.8 cm³/mol. The zero-order valence-electron chi connectivity index (χ0n) is 8.66. The molecule has 1 aromatic rings. The van der Waals surface area contributed by atoms with Crippen LogP contribution in [0.25, 0.3) is 0 Å². The molecule has 1 heterocycles. The first-order chi connectivity index (χ1) is 8.22. The van der Waals surface area contributed by atoms with Gasteiger partial charge in [0.15, 0.2) is 0 Å². The molecule has 6 nitrogen and oxygen atoms in total. The minimum Gasteiger partial charge on any atom is -0.274 e. The molecule has 0 spiro atoms. The van der Waals surface area contributed by atoms with E-state index in [1.807, 2.05) is 0 Å². The van der Waals surface area contributed by atoms with Crippen LogP contribution in [0.2, 0.25) is 0 Å². The highest BCUT2D eigenvalue weighted by Crippen LogP contribution is 2.26. The number of benzene rings is 1. The first kappa shape index (κ1) is 12.1. The number of hydrogen-bond acceptors (Lipinski definition) is 6. The van der Waals surface area contributed by atoms with E-state index in [0.717, 1.165) is 16.9 Å². The molecule has 1 aliphatic rings. The van der Waals surface area contributed by atoms with Gasteiger partial charge < -0.3 is 0 Å². The van der Waals surface area contributed by atoms with Gasteiger partial charge in [0.1, 0.15) is 0 Å². The number of carbonyl (C=O) groups is 2. The molecule has 0 atom stereocenters. The zero-order valence-corrected chi connectivity index (χ0v) is 9.48. The molecule has 1 saturated heterocycles. The molecule has 0 aliphatic carbocycles. The second-order valence-electron chi connectivity index (χ2n) is 3.34. The van der Waals surface area contributed by atoms with E-state index >= 15 is 0 Å². The van der Waals surface area contributed by atoms with E-state index in [1.54, 1.807) is 24.3 Å². The number of anilines is 1. The standard InChI is InChI=1S/C10H9NO5S/c12-9-5-6-10(13)11(9)7-1-3-8(4-2-7)17-16-15-14/h1-4,14H,5-6H2. The summed E-state index contributed by atoms with van der Waals surface area (Å²) >= 11 is 0.813. The van der Waals surface area contributed by atoms with Gasteiger partial charge in [-0.3, -0.25) is 14.5 Å². The molecular weight excluding hydrogens is 246 g/mol. The third-order valence-electron chi connectivity index (χ3n) is 2.31. The van der Waals surface area contributed by atoms with E-state index in [-0.39, 0.29) is 24.7 Å². The third-order valence-corrected chi connectivity index (χ3v) is 2.90. The van der Waals surface area contributed by atoms with Crippen LogP contribution in [-0.2, 0) is 19.0 Å². The molecule has 0 unspecified atom stereocenters. The highest BCUT2D eigenvalue weighted by Gasteiger charge is 2.29. The maximum absolute atomic E-state index is 11.5. The van der Waals surface area contributed by atoms with Gasteiger partial charge in [-0.2, -0.15) is 0 Å². The highest BCUT2D eigenvalue weighted by atomic mass is 32.2. The fraction of sp³-hybridized carbons (Fsp3) is 0.200. The molecule has 1 fully saturated rings. The topological polar surface area (TPSA) is 76.1 Å². The normalized spacial score (nSPS) is 15.7. The number of nitrogens with zero attached hydrogens (tertiary/aromatic N) is 1. The first-order valence-corrected chi connectivity index (χ1v) is 5.57. The van der Waals surface area contributed by atoms with Crippen molar-refractivity contribution in [3.05, 3.63) is 24.3 Å². The number of imide groups is 1. The minimum atomic E-state index is -0.189. The van der Waals surface area contributed by atoms with Crippen LogP contribution in [0.3, 0.4) is 0 Å². The minimum absolute atomic E-state index is 0.189. The smallest absolute Gasteiger partial charge is 0.234 e. The van der Waals surface area contributed by atoms with E-state index in [9.17, 15) is 9.59 Å². The van der Waals surface area contributed by atoms with Gasteiger partial charge in [-0.25, -0.2) is 5.26 Å². The molecule has 0 saturated carbocycles. The maximum Gasteiger partial charge on any atom is 0.234 e. The van der Waals surface area contributed by atoms with Gasteiger partial charge in [0, 0.05) is 17.7 Å². The van der Waals surface area contributed by atoms with Crippen molar-refractivity contribution in [2.45, 2.75) is 17.7 Å². The lowest BCUT2D eigenvalue weighted by Gasteiger charge is -2.13. The lowest BCUT2D eigenvalue weighted by atomic mass is 10.3. The van der Waals surface area contributed by atoms with Crippen LogP contribution >= 0.6 is 12.0 Å². The number of rotatable bonds is 4. The Labute approximate surface area is 101 Å².